The molecule has 2 aliphatic carbocycles. The number of carbonyl (C=O) groups excluding carboxylic acids is 1. The molecule has 0 bridgehead atoms. The minimum absolute atomic E-state index is 0.106. The molecule has 5 nitrogen and oxygen atoms in total. The third-order valence-electron chi connectivity index (χ3n) is 5.71. The van der Waals surface area contributed by atoms with E-state index in [2.05, 4.69) is 39.1 Å². The summed E-state index contributed by atoms with van der Waals surface area (Å²) in [7, 11) is 0. The highest BCUT2D eigenvalue weighted by Gasteiger charge is 2.32. The summed E-state index contributed by atoms with van der Waals surface area (Å²) in [6.07, 6.45) is 7.14. The van der Waals surface area contributed by atoms with Crippen LogP contribution in [0.5, 0.6) is 0 Å². The van der Waals surface area contributed by atoms with Crippen LogP contribution in [0, 0.1) is 5.92 Å². The number of rotatable bonds is 6. The van der Waals surface area contributed by atoms with Crippen molar-refractivity contribution in [3.63, 3.8) is 0 Å². The predicted octanol–water partition coefficient (Wildman–Crippen LogP) is 4.32. The van der Waals surface area contributed by atoms with E-state index in [1.807, 2.05) is 25.1 Å². The average Bonchev–Trinajstić information content (AvgIpc) is 3.45. The first-order valence-electron chi connectivity index (χ1n) is 10.1. The summed E-state index contributed by atoms with van der Waals surface area (Å²) >= 11 is 1.51. The number of hydrogen-bond donors (Lipinski definition) is 1. The summed E-state index contributed by atoms with van der Waals surface area (Å²) in [5, 5.41) is 12.8. The Hall–Kier alpha value is -1.82. The van der Waals surface area contributed by atoms with Gasteiger partial charge in [0.05, 0.1) is 5.25 Å². The van der Waals surface area contributed by atoms with Gasteiger partial charge >= 0.3 is 0 Å². The zero-order valence-electron chi connectivity index (χ0n) is 16.1. The fraction of sp³-hybridized carbons (Fsp3) is 0.571. The van der Waals surface area contributed by atoms with Crippen molar-refractivity contribution in [2.45, 2.75) is 74.7 Å². The van der Waals surface area contributed by atoms with Gasteiger partial charge in [0.2, 0.25) is 5.91 Å². The van der Waals surface area contributed by atoms with Crippen LogP contribution >= 0.6 is 11.8 Å². The molecule has 2 aliphatic rings. The SMILES string of the molecule is CC(Sc1nnc(C2CC2)n1-c1ccccc1)C(=O)NC1CCCCC1C. The van der Waals surface area contributed by atoms with Crippen LogP contribution in [0.25, 0.3) is 5.69 Å². The van der Waals surface area contributed by atoms with Crippen LogP contribution in [0.2, 0.25) is 0 Å². The quantitative estimate of drug-likeness (QED) is 0.754. The van der Waals surface area contributed by atoms with Crippen LogP contribution in [-0.2, 0) is 4.79 Å². The number of nitrogens with zero attached hydrogens (tertiary/aromatic N) is 3. The molecule has 6 heteroatoms. The average molecular weight is 385 g/mol. The third-order valence-corrected chi connectivity index (χ3v) is 6.75. The van der Waals surface area contributed by atoms with Crippen LogP contribution in [0.1, 0.15) is 64.1 Å². The molecular weight excluding hydrogens is 356 g/mol. The van der Waals surface area contributed by atoms with E-state index in [0.717, 1.165) is 23.1 Å². The molecular formula is C21H28N4OS. The van der Waals surface area contributed by atoms with Crippen molar-refractivity contribution in [2.24, 2.45) is 5.92 Å². The molecule has 0 radical (unpaired) electrons. The first-order chi connectivity index (χ1) is 13.1. The number of carbonyl (C=O) groups is 1. The lowest BCUT2D eigenvalue weighted by Gasteiger charge is -2.30. The maximum absolute atomic E-state index is 12.8. The number of thioether (sulfide) groups is 1. The van der Waals surface area contributed by atoms with Crippen LogP contribution in [0.4, 0.5) is 0 Å². The Bertz CT molecular complexity index is 787. The Morgan fingerprint density at radius 2 is 1.89 bits per heavy atom. The molecule has 1 amide bonds. The van der Waals surface area contributed by atoms with Gasteiger partial charge in [-0.3, -0.25) is 9.36 Å². The Kier molecular flexibility index (Phi) is 5.53. The van der Waals surface area contributed by atoms with Gasteiger partial charge in [-0.25, -0.2) is 0 Å². The van der Waals surface area contributed by atoms with E-state index in [0.29, 0.717) is 17.9 Å². The van der Waals surface area contributed by atoms with E-state index < -0.39 is 0 Å². The molecule has 2 fully saturated rings. The Morgan fingerprint density at radius 1 is 1.15 bits per heavy atom. The minimum atomic E-state index is -0.196. The molecule has 2 aromatic rings. The summed E-state index contributed by atoms with van der Waals surface area (Å²) in [5.41, 5.74) is 1.07. The van der Waals surface area contributed by atoms with E-state index in [9.17, 15) is 4.79 Å². The van der Waals surface area contributed by atoms with Gasteiger partial charge in [0.15, 0.2) is 5.16 Å². The Labute approximate surface area is 165 Å². The first-order valence-corrected chi connectivity index (χ1v) is 11.0. The van der Waals surface area contributed by atoms with E-state index >= 15 is 0 Å². The fourth-order valence-corrected chi connectivity index (χ4v) is 4.71. The topological polar surface area (TPSA) is 59.8 Å². The van der Waals surface area contributed by atoms with Crippen LogP contribution in [0.3, 0.4) is 0 Å². The minimum Gasteiger partial charge on any atom is -0.352 e. The van der Waals surface area contributed by atoms with E-state index in [1.54, 1.807) is 0 Å². The Morgan fingerprint density at radius 3 is 2.59 bits per heavy atom. The monoisotopic (exact) mass is 384 g/mol. The van der Waals surface area contributed by atoms with Gasteiger partial charge in [0, 0.05) is 17.6 Å². The lowest BCUT2D eigenvalue weighted by Crippen LogP contribution is -2.44. The second kappa shape index (κ2) is 8.05. The lowest BCUT2D eigenvalue weighted by atomic mass is 9.86. The Balaban J connectivity index is 1.49. The summed E-state index contributed by atoms with van der Waals surface area (Å²) < 4.78 is 2.13. The zero-order valence-corrected chi connectivity index (χ0v) is 16.9. The van der Waals surface area contributed by atoms with Crippen molar-refractivity contribution in [3.8, 4) is 5.69 Å². The highest BCUT2D eigenvalue weighted by Crippen LogP contribution is 2.41. The molecule has 1 N–H and O–H groups in total. The van der Waals surface area contributed by atoms with E-state index in [-0.39, 0.29) is 11.2 Å². The molecule has 144 valence electrons. The molecule has 2 saturated carbocycles. The predicted molar refractivity (Wildman–Crippen MR) is 108 cm³/mol. The van der Waals surface area contributed by atoms with Gasteiger partial charge in [-0.2, -0.15) is 0 Å². The zero-order chi connectivity index (χ0) is 18.8. The van der Waals surface area contributed by atoms with E-state index in [1.165, 1.54) is 43.9 Å². The third kappa shape index (κ3) is 4.21. The first kappa shape index (κ1) is 18.5. The van der Waals surface area contributed by atoms with Crippen molar-refractivity contribution in [1.82, 2.24) is 20.1 Å². The second-order valence-corrected chi connectivity index (χ2v) is 9.23. The molecule has 0 saturated heterocycles. The summed E-state index contributed by atoms with van der Waals surface area (Å²) in [4.78, 5) is 12.8. The summed E-state index contributed by atoms with van der Waals surface area (Å²) in [6.45, 7) is 4.21. The van der Waals surface area contributed by atoms with Crippen molar-refractivity contribution >= 4 is 17.7 Å². The van der Waals surface area contributed by atoms with Gasteiger partial charge in [-0.15, -0.1) is 10.2 Å². The number of para-hydroxylation sites is 1. The van der Waals surface area contributed by atoms with E-state index in [4.69, 9.17) is 0 Å². The van der Waals surface area contributed by atoms with Crippen LogP contribution < -0.4 is 5.32 Å². The molecule has 0 aliphatic heterocycles. The van der Waals surface area contributed by atoms with Gasteiger partial charge in [0.1, 0.15) is 5.82 Å². The maximum atomic E-state index is 12.8. The molecule has 4 rings (SSSR count). The molecule has 0 spiro atoms. The highest BCUT2D eigenvalue weighted by molar-refractivity contribution is 8.00. The molecule has 1 aromatic heterocycles. The largest absolute Gasteiger partial charge is 0.352 e. The summed E-state index contributed by atoms with van der Waals surface area (Å²) in [5.74, 6) is 2.19. The van der Waals surface area contributed by atoms with Crippen LogP contribution in [0.15, 0.2) is 35.5 Å². The number of amides is 1. The van der Waals surface area contributed by atoms with Crippen molar-refractivity contribution in [2.75, 3.05) is 0 Å². The lowest BCUT2D eigenvalue weighted by molar-refractivity contribution is -0.121. The number of aromatic nitrogens is 3. The highest BCUT2D eigenvalue weighted by atomic mass is 32.2. The summed E-state index contributed by atoms with van der Waals surface area (Å²) in [6, 6.07) is 10.5. The molecule has 3 atom stereocenters. The molecule has 27 heavy (non-hydrogen) atoms. The standard InChI is InChI=1S/C21H28N4OS/c1-14-8-6-7-11-18(14)22-20(26)15(2)27-21-24-23-19(16-12-13-16)25(21)17-9-4-3-5-10-17/h3-5,9-10,14-16,18H,6-8,11-13H2,1-2H3,(H,22,26). The van der Waals surface area contributed by atoms with Gasteiger partial charge < -0.3 is 5.32 Å². The van der Waals surface area contributed by atoms with Crippen molar-refractivity contribution < 1.29 is 4.79 Å². The fourth-order valence-electron chi connectivity index (χ4n) is 3.83. The second-order valence-electron chi connectivity index (χ2n) is 7.92. The van der Waals surface area contributed by atoms with Gasteiger partial charge in [-0.05, 0) is 50.7 Å². The van der Waals surface area contributed by atoms with Gasteiger partial charge in [0.25, 0.3) is 0 Å². The molecule has 1 heterocycles. The van der Waals surface area contributed by atoms with Gasteiger partial charge in [-0.1, -0.05) is 49.7 Å². The smallest absolute Gasteiger partial charge is 0.233 e. The maximum Gasteiger partial charge on any atom is 0.233 e. The normalized spacial score (nSPS) is 23.8. The van der Waals surface area contributed by atoms with Crippen molar-refractivity contribution in [3.05, 3.63) is 36.2 Å². The van der Waals surface area contributed by atoms with Crippen molar-refractivity contribution in [1.29, 1.82) is 0 Å². The number of nitrogens with one attached hydrogen (secondary N) is 1. The molecule has 3 unspecified atom stereocenters. The van der Waals surface area contributed by atoms with Crippen LogP contribution in [-0.4, -0.2) is 32.0 Å². The number of hydrogen-bond acceptors (Lipinski definition) is 4. The number of benzene rings is 1. The molecule has 1 aromatic carbocycles.